The Morgan fingerprint density at radius 3 is 2.36 bits per heavy atom. The fourth-order valence-electron chi connectivity index (χ4n) is 3.49. The Morgan fingerprint density at radius 2 is 1.72 bits per heavy atom. The van der Waals surface area contributed by atoms with Gasteiger partial charge in [0.25, 0.3) is 0 Å². The molecule has 2 aromatic carbocycles. The predicted molar refractivity (Wildman–Crippen MR) is 95.7 cm³/mol. The van der Waals surface area contributed by atoms with Gasteiger partial charge in [-0.3, -0.25) is 4.79 Å². The Hall–Kier alpha value is -2.20. The second kappa shape index (κ2) is 7.79. The molecule has 0 radical (unpaired) electrons. The van der Waals surface area contributed by atoms with Gasteiger partial charge in [-0.15, -0.1) is 0 Å². The van der Waals surface area contributed by atoms with Crippen LogP contribution in [0.25, 0.3) is 0 Å². The number of halogens is 1. The van der Waals surface area contributed by atoms with Gasteiger partial charge in [-0.05, 0) is 42.5 Å². The average molecular weight is 341 g/mol. The van der Waals surface area contributed by atoms with Gasteiger partial charge in [-0.2, -0.15) is 0 Å². The van der Waals surface area contributed by atoms with E-state index in [4.69, 9.17) is 0 Å². The molecule has 0 spiro atoms. The zero-order valence-corrected chi connectivity index (χ0v) is 14.2. The number of nitrogens with one attached hydrogen (secondary N) is 1. The highest BCUT2D eigenvalue weighted by Gasteiger charge is 2.32. The van der Waals surface area contributed by atoms with Gasteiger partial charge in [-0.25, -0.2) is 4.39 Å². The van der Waals surface area contributed by atoms with Gasteiger partial charge in [0, 0.05) is 6.54 Å². The van der Waals surface area contributed by atoms with E-state index < -0.39 is 11.5 Å². The van der Waals surface area contributed by atoms with Crippen LogP contribution in [0.1, 0.15) is 42.7 Å². The first-order chi connectivity index (χ1) is 12.1. The first-order valence-corrected chi connectivity index (χ1v) is 8.85. The monoisotopic (exact) mass is 341 g/mol. The van der Waals surface area contributed by atoms with Crippen LogP contribution in [0, 0.1) is 5.82 Å². The lowest BCUT2D eigenvalue weighted by Crippen LogP contribution is -2.42. The molecule has 1 amide bonds. The lowest BCUT2D eigenvalue weighted by molar-refractivity contribution is -0.123. The maximum Gasteiger partial charge on any atom is 0.227 e. The maximum atomic E-state index is 13.2. The van der Waals surface area contributed by atoms with Gasteiger partial charge in [0.05, 0.1) is 11.5 Å². The van der Waals surface area contributed by atoms with Crippen LogP contribution in [0.4, 0.5) is 4.39 Å². The Morgan fingerprint density at radius 1 is 1.08 bits per heavy atom. The summed E-state index contributed by atoms with van der Waals surface area (Å²) in [6.07, 6.45) is 3.99. The molecule has 0 saturated heterocycles. The minimum atomic E-state index is -0.782. The SMILES string of the molecule is O=C(NCC1(O)CCCC1)C(Cc1ccccc1)c1ccc(F)cc1. The summed E-state index contributed by atoms with van der Waals surface area (Å²) in [6.45, 7) is 0.276. The van der Waals surface area contributed by atoms with Crippen molar-refractivity contribution < 1.29 is 14.3 Å². The standard InChI is InChI=1S/C21H24FNO2/c22-18-10-8-17(9-11-18)19(14-16-6-2-1-3-7-16)20(24)23-15-21(25)12-4-5-13-21/h1-3,6-11,19,25H,4-5,12-15H2,(H,23,24). The van der Waals surface area contributed by atoms with Crippen molar-refractivity contribution in [2.75, 3.05) is 6.54 Å². The Labute approximate surface area is 147 Å². The van der Waals surface area contributed by atoms with Crippen LogP contribution >= 0.6 is 0 Å². The minimum Gasteiger partial charge on any atom is -0.388 e. The van der Waals surface area contributed by atoms with Crippen molar-refractivity contribution in [3.8, 4) is 0 Å². The van der Waals surface area contributed by atoms with Gasteiger partial charge in [0.1, 0.15) is 5.82 Å². The van der Waals surface area contributed by atoms with Crippen LogP contribution in [-0.2, 0) is 11.2 Å². The summed E-state index contributed by atoms with van der Waals surface area (Å²) in [7, 11) is 0. The highest BCUT2D eigenvalue weighted by molar-refractivity contribution is 5.84. The lowest BCUT2D eigenvalue weighted by Gasteiger charge is -2.24. The van der Waals surface area contributed by atoms with E-state index in [0.717, 1.165) is 36.8 Å². The molecule has 1 atom stereocenters. The molecule has 1 saturated carbocycles. The summed E-state index contributed by atoms with van der Waals surface area (Å²) in [6, 6.07) is 15.9. The summed E-state index contributed by atoms with van der Waals surface area (Å²) in [5.41, 5.74) is 1.04. The molecular weight excluding hydrogens is 317 g/mol. The van der Waals surface area contributed by atoms with Gasteiger partial charge in [0.15, 0.2) is 0 Å². The number of benzene rings is 2. The van der Waals surface area contributed by atoms with Crippen molar-refractivity contribution >= 4 is 5.91 Å². The van der Waals surface area contributed by atoms with Crippen molar-refractivity contribution in [1.82, 2.24) is 5.32 Å². The van der Waals surface area contributed by atoms with Crippen LogP contribution in [0.2, 0.25) is 0 Å². The zero-order chi connectivity index (χ0) is 17.7. The summed E-state index contributed by atoms with van der Waals surface area (Å²) in [4.78, 5) is 12.8. The zero-order valence-electron chi connectivity index (χ0n) is 14.2. The molecule has 1 aliphatic rings. The van der Waals surface area contributed by atoms with Crippen molar-refractivity contribution in [2.24, 2.45) is 0 Å². The first-order valence-electron chi connectivity index (χ1n) is 8.85. The number of carbonyl (C=O) groups is 1. The molecule has 0 heterocycles. The third-order valence-corrected chi connectivity index (χ3v) is 5.00. The lowest BCUT2D eigenvalue weighted by atomic mass is 9.90. The van der Waals surface area contributed by atoms with Crippen molar-refractivity contribution in [2.45, 2.75) is 43.6 Å². The summed E-state index contributed by atoms with van der Waals surface area (Å²) < 4.78 is 13.2. The van der Waals surface area contributed by atoms with Gasteiger partial charge < -0.3 is 10.4 Å². The van der Waals surface area contributed by atoms with E-state index in [1.165, 1.54) is 12.1 Å². The number of hydrogen-bond acceptors (Lipinski definition) is 2. The van der Waals surface area contributed by atoms with E-state index in [1.807, 2.05) is 30.3 Å². The Bertz CT molecular complexity index is 694. The Kier molecular flexibility index (Phi) is 5.49. The maximum absolute atomic E-state index is 13.2. The fraction of sp³-hybridized carbons (Fsp3) is 0.381. The van der Waals surface area contributed by atoms with Crippen molar-refractivity contribution in [1.29, 1.82) is 0 Å². The number of hydrogen-bond donors (Lipinski definition) is 2. The molecule has 132 valence electrons. The second-order valence-electron chi connectivity index (χ2n) is 6.94. The molecule has 4 heteroatoms. The fourth-order valence-corrected chi connectivity index (χ4v) is 3.49. The molecule has 3 nitrogen and oxygen atoms in total. The van der Waals surface area contributed by atoms with Crippen LogP contribution < -0.4 is 5.32 Å². The second-order valence-corrected chi connectivity index (χ2v) is 6.94. The quantitative estimate of drug-likeness (QED) is 0.844. The van der Waals surface area contributed by atoms with E-state index in [2.05, 4.69) is 5.32 Å². The minimum absolute atomic E-state index is 0.129. The number of rotatable bonds is 6. The van der Waals surface area contributed by atoms with Crippen LogP contribution in [0.5, 0.6) is 0 Å². The molecule has 1 fully saturated rings. The molecule has 25 heavy (non-hydrogen) atoms. The number of aliphatic hydroxyl groups is 1. The summed E-state index contributed by atoms with van der Waals surface area (Å²) in [5, 5.41) is 13.4. The van der Waals surface area contributed by atoms with Crippen LogP contribution in [0.15, 0.2) is 54.6 Å². The first kappa shape index (κ1) is 17.6. The van der Waals surface area contributed by atoms with E-state index in [-0.39, 0.29) is 18.3 Å². The molecule has 3 rings (SSSR count). The van der Waals surface area contributed by atoms with Crippen molar-refractivity contribution in [3.63, 3.8) is 0 Å². The average Bonchev–Trinajstić information content (AvgIpc) is 3.06. The third kappa shape index (κ3) is 4.67. The van der Waals surface area contributed by atoms with Gasteiger partial charge >= 0.3 is 0 Å². The number of amides is 1. The molecule has 1 unspecified atom stereocenters. The van der Waals surface area contributed by atoms with E-state index >= 15 is 0 Å². The topological polar surface area (TPSA) is 49.3 Å². The third-order valence-electron chi connectivity index (χ3n) is 5.00. The van der Waals surface area contributed by atoms with E-state index in [9.17, 15) is 14.3 Å². The smallest absolute Gasteiger partial charge is 0.227 e. The van der Waals surface area contributed by atoms with E-state index in [0.29, 0.717) is 6.42 Å². The molecule has 2 aromatic rings. The predicted octanol–water partition coefficient (Wildman–Crippen LogP) is 3.57. The summed E-state index contributed by atoms with van der Waals surface area (Å²) in [5.74, 6) is -0.855. The highest BCUT2D eigenvalue weighted by atomic mass is 19.1. The number of carbonyl (C=O) groups excluding carboxylic acids is 1. The molecule has 0 bridgehead atoms. The highest BCUT2D eigenvalue weighted by Crippen LogP contribution is 2.29. The van der Waals surface area contributed by atoms with E-state index in [1.54, 1.807) is 12.1 Å². The molecule has 1 aliphatic carbocycles. The molecule has 0 aromatic heterocycles. The van der Waals surface area contributed by atoms with Crippen molar-refractivity contribution in [3.05, 3.63) is 71.5 Å². The van der Waals surface area contributed by atoms with Crippen LogP contribution in [-0.4, -0.2) is 23.2 Å². The normalized spacial score (nSPS) is 17.2. The molecular formula is C21H24FNO2. The largest absolute Gasteiger partial charge is 0.388 e. The van der Waals surface area contributed by atoms with Gasteiger partial charge in [0.2, 0.25) is 5.91 Å². The van der Waals surface area contributed by atoms with Crippen LogP contribution in [0.3, 0.4) is 0 Å². The molecule has 0 aliphatic heterocycles. The van der Waals surface area contributed by atoms with Gasteiger partial charge in [-0.1, -0.05) is 55.3 Å². The summed E-state index contributed by atoms with van der Waals surface area (Å²) >= 11 is 0. The molecule has 2 N–H and O–H groups in total. The Balaban J connectivity index is 1.75.